The van der Waals surface area contributed by atoms with Gasteiger partial charge in [0.25, 0.3) is 0 Å². The standard InChI is InChI=1S/C14H23N5O/c1-11(2)13(6-15)14-8-16-10-19(14)12-7-17-18(9-12)4-5-20-3/h7-11,13H,4-6,15H2,1-3H3. The molecule has 20 heavy (non-hydrogen) atoms. The maximum absolute atomic E-state index is 5.90. The lowest BCUT2D eigenvalue weighted by Crippen LogP contribution is -2.20. The van der Waals surface area contributed by atoms with Crippen LogP contribution in [0.2, 0.25) is 0 Å². The zero-order valence-corrected chi connectivity index (χ0v) is 12.4. The Kier molecular flexibility index (Phi) is 4.92. The lowest BCUT2D eigenvalue weighted by molar-refractivity contribution is 0.183. The zero-order valence-electron chi connectivity index (χ0n) is 12.4. The van der Waals surface area contributed by atoms with Crippen LogP contribution in [0.4, 0.5) is 0 Å². The normalized spacial score (nSPS) is 13.1. The SMILES string of the molecule is COCCn1cc(-n2cncc2C(CN)C(C)C)cn1. The van der Waals surface area contributed by atoms with E-state index < -0.39 is 0 Å². The minimum absolute atomic E-state index is 0.292. The summed E-state index contributed by atoms with van der Waals surface area (Å²) in [5, 5.41) is 4.34. The number of imidazole rings is 1. The highest BCUT2D eigenvalue weighted by Crippen LogP contribution is 2.25. The van der Waals surface area contributed by atoms with E-state index in [1.165, 1.54) is 0 Å². The highest BCUT2D eigenvalue weighted by Gasteiger charge is 2.19. The Morgan fingerprint density at radius 1 is 1.35 bits per heavy atom. The van der Waals surface area contributed by atoms with Gasteiger partial charge in [-0.25, -0.2) is 4.98 Å². The van der Waals surface area contributed by atoms with E-state index in [1.807, 2.05) is 29.6 Å². The van der Waals surface area contributed by atoms with Crippen LogP contribution in [0.3, 0.4) is 0 Å². The van der Waals surface area contributed by atoms with Crippen LogP contribution in [0.1, 0.15) is 25.5 Å². The molecule has 6 nitrogen and oxygen atoms in total. The van der Waals surface area contributed by atoms with E-state index in [0.29, 0.717) is 25.0 Å². The molecule has 0 aliphatic rings. The average Bonchev–Trinajstić information content (AvgIpc) is 3.05. The Morgan fingerprint density at radius 3 is 2.80 bits per heavy atom. The molecule has 110 valence electrons. The lowest BCUT2D eigenvalue weighted by Gasteiger charge is -2.19. The first kappa shape index (κ1) is 14.7. The predicted octanol–water partition coefficient (Wildman–Crippen LogP) is 1.41. The molecule has 0 spiro atoms. The fourth-order valence-corrected chi connectivity index (χ4v) is 2.31. The minimum atomic E-state index is 0.292. The van der Waals surface area contributed by atoms with Gasteiger partial charge in [-0.2, -0.15) is 5.10 Å². The number of methoxy groups -OCH3 is 1. The first-order valence-corrected chi connectivity index (χ1v) is 6.91. The topological polar surface area (TPSA) is 70.9 Å². The van der Waals surface area contributed by atoms with Gasteiger partial charge in [-0.1, -0.05) is 13.8 Å². The molecule has 2 heterocycles. The van der Waals surface area contributed by atoms with Crippen LogP contribution in [0, 0.1) is 5.92 Å². The quantitative estimate of drug-likeness (QED) is 0.830. The number of hydrogen-bond acceptors (Lipinski definition) is 4. The molecule has 2 N–H and O–H groups in total. The Bertz CT molecular complexity index is 531. The van der Waals surface area contributed by atoms with Gasteiger partial charge in [0.15, 0.2) is 0 Å². The highest BCUT2D eigenvalue weighted by molar-refractivity contribution is 5.30. The second-order valence-electron chi connectivity index (χ2n) is 5.23. The number of rotatable bonds is 7. The summed E-state index contributed by atoms with van der Waals surface area (Å²) in [6.07, 6.45) is 7.55. The van der Waals surface area contributed by atoms with E-state index in [-0.39, 0.29) is 0 Å². The van der Waals surface area contributed by atoms with Crippen LogP contribution in [0.25, 0.3) is 5.69 Å². The summed E-state index contributed by atoms with van der Waals surface area (Å²) in [6.45, 7) is 6.36. The second-order valence-corrected chi connectivity index (χ2v) is 5.23. The van der Waals surface area contributed by atoms with Gasteiger partial charge in [0.2, 0.25) is 0 Å². The molecule has 0 aliphatic heterocycles. The minimum Gasteiger partial charge on any atom is -0.383 e. The molecule has 0 radical (unpaired) electrons. The molecule has 0 aromatic carbocycles. The van der Waals surface area contributed by atoms with Crippen LogP contribution >= 0.6 is 0 Å². The van der Waals surface area contributed by atoms with Gasteiger partial charge in [0, 0.05) is 37.7 Å². The van der Waals surface area contributed by atoms with Crippen molar-refractivity contribution in [3.63, 3.8) is 0 Å². The number of aromatic nitrogens is 4. The van der Waals surface area contributed by atoms with Crippen molar-refractivity contribution in [1.29, 1.82) is 0 Å². The molecule has 1 unspecified atom stereocenters. The van der Waals surface area contributed by atoms with E-state index in [1.54, 1.807) is 7.11 Å². The molecule has 2 aromatic heterocycles. The number of hydrogen-bond donors (Lipinski definition) is 1. The van der Waals surface area contributed by atoms with Gasteiger partial charge in [-0.3, -0.25) is 9.25 Å². The van der Waals surface area contributed by atoms with Crippen molar-refractivity contribution in [3.8, 4) is 5.69 Å². The van der Waals surface area contributed by atoms with Crippen LogP contribution in [0.15, 0.2) is 24.9 Å². The molecule has 2 aromatic rings. The summed E-state index contributed by atoms with van der Waals surface area (Å²) in [4.78, 5) is 4.27. The number of ether oxygens (including phenoxy) is 1. The van der Waals surface area contributed by atoms with Crippen LogP contribution < -0.4 is 5.73 Å². The summed E-state index contributed by atoms with van der Waals surface area (Å²) in [5.74, 6) is 0.763. The molecular weight excluding hydrogens is 254 g/mol. The first-order chi connectivity index (χ1) is 9.67. The Hall–Kier alpha value is -1.66. The van der Waals surface area contributed by atoms with Gasteiger partial charge in [-0.05, 0) is 5.92 Å². The summed E-state index contributed by atoms with van der Waals surface area (Å²) in [7, 11) is 1.69. The van der Waals surface area contributed by atoms with Crippen LogP contribution in [-0.4, -0.2) is 39.6 Å². The third-order valence-electron chi connectivity index (χ3n) is 3.53. The van der Waals surface area contributed by atoms with Gasteiger partial charge in [0.1, 0.15) is 0 Å². The van der Waals surface area contributed by atoms with Crippen molar-refractivity contribution in [3.05, 3.63) is 30.6 Å². The Balaban J connectivity index is 2.25. The van der Waals surface area contributed by atoms with E-state index in [9.17, 15) is 0 Å². The highest BCUT2D eigenvalue weighted by atomic mass is 16.5. The Morgan fingerprint density at radius 2 is 2.15 bits per heavy atom. The number of nitrogens with two attached hydrogens (primary N) is 1. The molecule has 0 saturated carbocycles. The van der Waals surface area contributed by atoms with Gasteiger partial charge in [-0.15, -0.1) is 0 Å². The lowest BCUT2D eigenvalue weighted by atomic mass is 9.93. The third-order valence-corrected chi connectivity index (χ3v) is 3.53. The molecule has 0 aliphatic carbocycles. The van der Waals surface area contributed by atoms with E-state index in [2.05, 4.69) is 28.5 Å². The van der Waals surface area contributed by atoms with Crippen molar-refractivity contribution >= 4 is 0 Å². The summed E-state index contributed by atoms with van der Waals surface area (Å²) in [6, 6.07) is 0. The zero-order chi connectivity index (χ0) is 14.5. The fraction of sp³-hybridized carbons (Fsp3) is 0.571. The van der Waals surface area contributed by atoms with E-state index in [4.69, 9.17) is 10.5 Å². The summed E-state index contributed by atoms with van der Waals surface area (Å²) < 4.78 is 8.99. The first-order valence-electron chi connectivity index (χ1n) is 6.91. The Labute approximate surface area is 119 Å². The average molecular weight is 277 g/mol. The molecule has 0 amide bonds. The molecule has 0 bridgehead atoms. The molecule has 6 heteroatoms. The van der Waals surface area contributed by atoms with Crippen molar-refractivity contribution in [2.45, 2.75) is 26.3 Å². The van der Waals surface area contributed by atoms with Crippen molar-refractivity contribution < 1.29 is 4.74 Å². The van der Waals surface area contributed by atoms with Crippen molar-refractivity contribution in [1.82, 2.24) is 19.3 Å². The maximum Gasteiger partial charge on any atom is 0.0995 e. The summed E-state index contributed by atoms with van der Waals surface area (Å²) in [5.41, 5.74) is 8.04. The third kappa shape index (κ3) is 3.08. The molecular formula is C14H23N5O. The van der Waals surface area contributed by atoms with E-state index in [0.717, 1.165) is 17.9 Å². The molecule has 0 fully saturated rings. The number of nitrogens with zero attached hydrogens (tertiary/aromatic N) is 4. The molecule has 1 atom stereocenters. The van der Waals surface area contributed by atoms with Crippen LogP contribution in [-0.2, 0) is 11.3 Å². The van der Waals surface area contributed by atoms with Gasteiger partial charge >= 0.3 is 0 Å². The van der Waals surface area contributed by atoms with Gasteiger partial charge in [0.05, 0.1) is 31.4 Å². The van der Waals surface area contributed by atoms with E-state index >= 15 is 0 Å². The van der Waals surface area contributed by atoms with Crippen LogP contribution in [0.5, 0.6) is 0 Å². The second kappa shape index (κ2) is 6.67. The van der Waals surface area contributed by atoms with Gasteiger partial charge < -0.3 is 10.5 Å². The predicted molar refractivity (Wildman–Crippen MR) is 77.9 cm³/mol. The smallest absolute Gasteiger partial charge is 0.0995 e. The molecule has 0 saturated heterocycles. The van der Waals surface area contributed by atoms with Crippen molar-refractivity contribution in [2.24, 2.45) is 11.7 Å². The monoisotopic (exact) mass is 277 g/mol. The fourth-order valence-electron chi connectivity index (χ4n) is 2.31. The maximum atomic E-state index is 5.90. The summed E-state index contributed by atoms with van der Waals surface area (Å²) >= 11 is 0. The van der Waals surface area contributed by atoms with Crippen molar-refractivity contribution in [2.75, 3.05) is 20.3 Å². The largest absolute Gasteiger partial charge is 0.383 e. The molecule has 2 rings (SSSR count).